The van der Waals surface area contributed by atoms with Crippen molar-refractivity contribution in [2.45, 2.75) is 58.2 Å². The predicted molar refractivity (Wildman–Crippen MR) is 123 cm³/mol. The predicted octanol–water partition coefficient (Wildman–Crippen LogP) is 4.83. The number of ether oxygens (including phenoxy) is 1. The molecule has 0 aromatic heterocycles. The molecule has 0 unspecified atom stereocenters. The van der Waals surface area contributed by atoms with Gasteiger partial charge < -0.3 is 15.4 Å². The Kier molecular flexibility index (Phi) is 7.75. The van der Waals surface area contributed by atoms with Crippen LogP contribution in [0.2, 0.25) is 0 Å². The molecule has 1 aliphatic rings. The molecule has 0 atom stereocenters. The monoisotopic (exact) mass is 409 g/mol. The van der Waals surface area contributed by atoms with Gasteiger partial charge in [-0.3, -0.25) is 4.90 Å². The Bertz CT molecular complexity index is 776. The Balaban J connectivity index is 1.36. The van der Waals surface area contributed by atoms with Crippen LogP contribution in [0.3, 0.4) is 0 Å². The zero-order chi connectivity index (χ0) is 21.4. The summed E-state index contributed by atoms with van der Waals surface area (Å²) in [5, 5.41) is 6.48. The lowest BCUT2D eigenvalue weighted by molar-refractivity contribution is 0.0528. The molecule has 5 nitrogen and oxygen atoms in total. The second-order valence-electron chi connectivity index (χ2n) is 9.06. The number of alkyl carbamates (subject to hydrolysis) is 1. The molecular formula is C25H35N3O2. The largest absolute Gasteiger partial charge is 0.444 e. The molecule has 1 aliphatic heterocycles. The highest BCUT2D eigenvalue weighted by Gasteiger charge is 2.19. The summed E-state index contributed by atoms with van der Waals surface area (Å²) in [6.07, 6.45) is 2.75. The first-order valence-corrected chi connectivity index (χ1v) is 11.0. The molecule has 2 aromatic rings. The zero-order valence-corrected chi connectivity index (χ0v) is 18.5. The number of rotatable bonds is 7. The van der Waals surface area contributed by atoms with Crippen LogP contribution >= 0.6 is 0 Å². The lowest BCUT2D eigenvalue weighted by atomic mass is 10.0. The Morgan fingerprint density at radius 2 is 1.67 bits per heavy atom. The van der Waals surface area contributed by atoms with Gasteiger partial charge in [-0.15, -0.1) is 0 Å². The molecule has 2 N–H and O–H groups in total. The molecular weight excluding hydrogens is 374 g/mol. The van der Waals surface area contributed by atoms with Crippen LogP contribution in [-0.2, 0) is 17.7 Å². The Morgan fingerprint density at radius 3 is 2.30 bits per heavy atom. The molecule has 0 radical (unpaired) electrons. The van der Waals surface area contributed by atoms with E-state index in [1.165, 1.54) is 16.8 Å². The number of carbonyl (C=O) groups is 1. The van der Waals surface area contributed by atoms with Crippen LogP contribution in [0.15, 0.2) is 54.6 Å². The third-order valence-electron chi connectivity index (χ3n) is 5.24. The normalized spacial score (nSPS) is 15.6. The van der Waals surface area contributed by atoms with E-state index < -0.39 is 5.60 Å². The van der Waals surface area contributed by atoms with Crippen LogP contribution in [-0.4, -0.2) is 42.3 Å². The van der Waals surface area contributed by atoms with E-state index in [0.717, 1.165) is 38.9 Å². The van der Waals surface area contributed by atoms with Gasteiger partial charge >= 0.3 is 6.09 Å². The van der Waals surface area contributed by atoms with Gasteiger partial charge in [-0.1, -0.05) is 42.5 Å². The van der Waals surface area contributed by atoms with E-state index in [0.29, 0.717) is 12.6 Å². The summed E-state index contributed by atoms with van der Waals surface area (Å²) < 4.78 is 5.26. The minimum Gasteiger partial charge on any atom is -0.444 e. The molecule has 3 rings (SSSR count). The number of nitrogens with zero attached hydrogens (tertiary/aromatic N) is 1. The molecule has 0 spiro atoms. The van der Waals surface area contributed by atoms with Crippen LogP contribution in [0.4, 0.5) is 10.5 Å². The molecule has 1 fully saturated rings. The van der Waals surface area contributed by atoms with Crippen molar-refractivity contribution in [1.82, 2.24) is 10.2 Å². The van der Waals surface area contributed by atoms with E-state index in [2.05, 4.69) is 70.1 Å². The highest BCUT2D eigenvalue weighted by atomic mass is 16.6. The van der Waals surface area contributed by atoms with E-state index in [-0.39, 0.29) is 6.09 Å². The highest BCUT2D eigenvalue weighted by Crippen LogP contribution is 2.19. The van der Waals surface area contributed by atoms with Crippen molar-refractivity contribution >= 4 is 11.8 Å². The molecule has 30 heavy (non-hydrogen) atoms. The lowest BCUT2D eigenvalue weighted by Crippen LogP contribution is -2.38. The molecule has 1 amide bonds. The second-order valence-corrected chi connectivity index (χ2v) is 9.06. The minimum absolute atomic E-state index is 0.362. The summed E-state index contributed by atoms with van der Waals surface area (Å²) in [6.45, 7) is 9.46. The van der Waals surface area contributed by atoms with Crippen molar-refractivity contribution in [3.63, 3.8) is 0 Å². The second kappa shape index (κ2) is 10.5. The van der Waals surface area contributed by atoms with Gasteiger partial charge in [-0.25, -0.2) is 4.79 Å². The number of anilines is 1. The van der Waals surface area contributed by atoms with Crippen molar-refractivity contribution < 1.29 is 9.53 Å². The molecule has 2 aromatic carbocycles. The maximum absolute atomic E-state index is 11.7. The van der Waals surface area contributed by atoms with Gasteiger partial charge in [0, 0.05) is 37.9 Å². The highest BCUT2D eigenvalue weighted by molar-refractivity contribution is 5.67. The first-order chi connectivity index (χ1) is 14.4. The Labute approximate surface area is 180 Å². The Morgan fingerprint density at radius 1 is 1.00 bits per heavy atom. The molecule has 162 valence electrons. The molecule has 0 bridgehead atoms. The quantitative estimate of drug-likeness (QED) is 0.688. The van der Waals surface area contributed by atoms with Gasteiger partial charge in [0.05, 0.1) is 0 Å². The van der Waals surface area contributed by atoms with Crippen molar-refractivity contribution in [1.29, 1.82) is 0 Å². The van der Waals surface area contributed by atoms with E-state index in [4.69, 9.17) is 4.74 Å². The van der Waals surface area contributed by atoms with E-state index in [1.807, 2.05) is 20.8 Å². The summed E-state index contributed by atoms with van der Waals surface area (Å²) in [7, 11) is 0. The number of benzene rings is 2. The van der Waals surface area contributed by atoms with Gasteiger partial charge in [0.1, 0.15) is 5.60 Å². The molecule has 0 saturated carbocycles. The van der Waals surface area contributed by atoms with Crippen LogP contribution in [0.5, 0.6) is 0 Å². The maximum Gasteiger partial charge on any atom is 0.407 e. The van der Waals surface area contributed by atoms with Gasteiger partial charge in [0.2, 0.25) is 0 Å². The van der Waals surface area contributed by atoms with Crippen LogP contribution in [0.25, 0.3) is 0 Å². The first kappa shape index (κ1) is 22.2. The number of hydrogen-bond donors (Lipinski definition) is 2. The fourth-order valence-electron chi connectivity index (χ4n) is 3.70. The number of hydrogen-bond acceptors (Lipinski definition) is 4. The van der Waals surface area contributed by atoms with Gasteiger partial charge in [0.25, 0.3) is 0 Å². The summed E-state index contributed by atoms with van der Waals surface area (Å²) in [5.74, 6) is 0. The van der Waals surface area contributed by atoms with Crippen LogP contribution in [0, 0.1) is 0 Å². The number of nitrogens with one attached hydrogen (secondary N) is 2. The number of carbonyl (C=O) groups excluding carboxylic acids is 1. The summed E-state index contributed by atoms with van der Waals surface area (Å²) >= 11 is 0. The van der Waals surface area contributed by atoms with Crippen molar-refractivity contribution in [2.24, 2.45) is 0 Å². The molecule has 0 aliphatic carbocycles. The fraction of sp³-hybridized carbons (Fsp3) is 0.480. The standard InChI is InChI=1S/C25H35N3O2/c1-25(2,3)30-24(29)26-16-13-20-9-11-22(12-10-20)27-23-14-17-28(18-15-23)19-21-7-5-4-6-8-21/h4-12,23,27H,13-19H2,1-3H3,(H,26,29). The minimum atomic E-state index is -0.463. The van der Waals surface area contributed by atoms with Crippen LogP contribution < -0.4 is 10.6 Å². The van der Waals surface area contributed by atoms with E-state index in [1.54, 1.807) is 0 Å². The third-order valence-corrected chi connectivity index (χ3v) is 5.24. The number of piperidine rings is 1. The van der Waals surface area contributed by atoms with Gasteiger partial charge in [0.15, 0.2) is 0 Å². The first-order valence-electron chi connectivity index (χ1n) is 11.0. The number of likely N-dealkylation sites (tertiary alicyclic amines) is 1. The smallest absolute Gasteiger partial charge is 0.407 e. The molecule has 1 saturated heterocycles. The summed E-state index contributed by atoms with van der Waals surface area (Å²) in [4.78, 5) is 14.2. The van der Waals surface area contributed by atoms with Gasteiger partial charge in [-0.05, 0) is 63.3 Å². The third kappa shape index (κ3) is 7.71. The molecule has 5 heteroatoms. The van der Waals surface area contributed by atoms with E-state index >= 15 is 0 Å². The summed E-state index contributed by atoms with van der Waals surface area (Å²) in [5.41, 5.74) is 3.30. The van der Waals surface area contributed by atoms with Crippen molar-refractivity contribution in [2.75, 3.05) is 25.0 Å². The van der Waals surface area contributed by atoms with Crippen molar-refractivity contribution in [3.8, 4) is 0 Å². The zero-order valence-electron chi connectivity index (χ0n) is 18.5. The molecule has 1 heterocycles. The SMILES string of the molecule is CC(C)(C)OC(=O)NCCc1ccc(NC2CCN(Cc3ccccc3)CC2)cc1. The lowest BCUT2D eigenvalue weighted by Gasteiger charge is -2.33. The van der Waals surface area contributed by atoms with Crippen LogP contribution in [0.1, 0.15) is 44.7 Å². The topological polar surface area (TPSA) is 53.6 Å². The fourth-order valence-corrected chi connectivity index (χ4v) is 3.70. The average molecular weight is 410 g/mol. The van der Waals surface area contributed by atoms with E-state index in [9.17, 15) is 4.79 Å². The average Bonchev–Trinajstić information content (AvgIpc) is 2.70. The van der Waals surface area contributed by atoms with Crippen molar-refractivity contribution in [3.05, 3.63) is 65.7 Å². The number of amides is 1. The van der Waals surface area contributed by atoms with Gasteiger partial charge in [-0.2, -0.15) is 0 Å². The maximum atomic E-state index is 11.7. The Hall–Kier alpha value is -2.53. The summed E-state index contributed by atoms with van der Waals surface area (Å²) in [6, 6.07) is 19.8.